The van der Waals surface area contributed by atoms with Gasteiger partial charge in [-0.3, -0.25) is 10.00 Å². The Morgan fingerprint density at radius 3 is 2.70 bits per heavy atom. The van der Waals surface area contributed by atoms with Crippen molar-refractivity contribution in [1.82, 2.24) is 14.8 Å². The first-order chi connectivity index (χ1) is 10.7. The highest BCUT2D eigenvalue weighted by atomic mass is 35.5. The molecule has 0 saturated carbocycles. The average molecular weight is 337 g/mol. The summed E-state index contributed by atoms with van der Waals surface area (Å²) in [6.45, 7) is 10.1. The molecule has 2 heterocycles. The van der Waals surface area contributed by atoms with Crippen molar-refractivity contribution in [1.29, 1.82) is 0 Å². The highest BCUT2D eigenvalue weighted by Gasteiger charge is 2.18. The lowest BCUT2D eigenvalue weighted by Gasteiger charge is -2.20. The van der Waals surface area contributed by atoms with E-state index in [4.69, 9.17) is 16.3 Å². The summed E-state index contributed by atoms with van der Waals surface area (Å²) in [7, 11) is 0. The monoisotopic (exact) mass is 336 g/mol. The number of hydrogen-bond donors (Lipinski definition) is 1. The first-order valence-electron chi connectivity index (χ1n) is 7.40. The minimum atomic E-state index is -0.584. The molecular formula is C16H21ClN4O2. The van der Waals surface area contributed by atoms with Gasteiger partial charge in [0.1, 0.15) is 5.60 Å². The second-order valence-corrected chi connectivity index (χ2v) is 6.53. The van der Waals surface area contributed by atoms with E-state index < -0.39 is 11.7 Å². The molecule has 1 amide bonds. The molecule has 124 valence electrons. The van der Waals surface area contributed by atoms with E-state index >= 15 is 0 Å². The molecule has 1 N–H and O–H groups in total. The fourth-order valence-electron chi connectivity index (χ4n) is 2.11. The Balaban J connectivity index is 2.30. The molecule has 0 bridgehead atoms. The molecule has 0 aliphatic rings. The Morgan fingerprint density at radius 2 is 2.09 bits per heavy atom. The van der Waals surface area contributed by atoms with Crippen molar-refractivity contribution in [3.05, 3.63) is 29.2 Å². The van der Waals surface area contributed by atoms with Crippen molar-refractivity contribution in [2.45, 2.75) is 46.8 Å². The lowest BCUT2D eigenvalue weighted by molar-refractivity contribution is 0.0636. The van der Waals surface area contributed by atoms with Crippen LogP contribution in [0.15, 0.2) is 18.3 Å². The summed E-state index contributed by atoms with van der Waals surface area (Å²) in [5.41, 5.74) is 2.47. The van der Waals surface area contributed by atoms with Crippen LogP contribution in [-0.4, -0.2) is 26.5 Å². The summed E-state index contributed by atoms with van der Waals surface area (Å²) in [4.78, 5) is 16.1. The number of halogens is 1. The fourth-order valence-corrected chi connectivity index (χ4v) is 2.26. The summed E-state index contributed by atoms with van der Waals surface area (Å²) in [6.07, 6.45) is 1.09. The predicted molar refractivity (Wildman–Crippen MR) is 90.7 cm³/mol. The van der Waals surface area contributed by atoms with Crippen molar-refractivity contribution >= 4 is 23.4 Å². The van der Waals surface area contributed by atoms with E-state index in [1.807, 2.05) is 24.6 Å². The van der Waals surface area contributed by atoms with Gasteiger partial charge in [0, 0.05) is 18.3 Å². The van der Waals surface area contributed by atoms with Gasteiger partial charge in [-0.2, -0.15) is 5.10 Å². The second-order valence-electron chi connectivity index (χ2n) is 6.18. The summed E-state index contributed by atoms with van der Waals surface area (Å²) in [6, 6.07) is 3.73. The number of nitrogens with zero attached hydrogens (tertiary/aromatic N) is 3. The van der Waals surface area contributed by atoms with Crippen molar-refractivity contribution in [3.63, 3.8) is 0 Å². The molecule has 7 heteroatoms. The molecule has 0 radical (unpaired) electrons. The van der Waals surface area contributed by atoms with E-state index in [9.17, 15) is 4.79 Å². The normalized spacial score (nSPS) is 11.4. The van der Waals surface area contributed by atoms with Gasteiger partial charge in [0.15, 0.2) is 5.15 Å². The van der Waals surface area contributed by atoms with Gasteiger partial charge in [0.05, 0.1) is 17.1 Å². The fraction of sp³-hybridized carbons (Fsp3) is 0.438. The summed E-state index contributed by atoms with van der Waals surface area (Å²) in [5.74, 6) is 0. The third kappa shape index (κ3) is 4.45. The molecule has 0 aliphatic heterocycles. The number of ether oxygens (including phenoxy) is 1. The van der Waals surface area contributed by atoms with Crippen molar-refractivity contribution < 1.29 is 9.53 Å². The van der Waals surface area contributed by atoms with E-state index in [0.29, 0.717) is 5.69 Å². The maximum absolute atomic E-state index is 11.9. The Kier molecular flexibility index (Phi) is 4.94. The third-order valence-electron chi connectivity index (χ3n) is 2.97. The number of nitrogens with one attached hydrogen (secondary N) is 1. The molecule has 0 saturated heterocycles. The van der Waals surface area contributed by atoms with Crippen LogP contribution in [0.3, 0.4) is 0 Å². The largest absolute Gasteiger partial charge is 0.444 e. The lowest BCUT2D eigenvalue weighted by atomic mass is 10.2. The minimum absolute atomic E-state index is 0.207. The number of aryl methyl sites for hydroxylation is 2. The highest BCUT2D eigenvalue weighted by Crippen LogP contribution is 2.27. The van der Waals surface area contributed by atoms with Gasteiger partial charge in [0.25, 0.3) is 0 Å². The van der Waals surface area contributed by atoms with E-state index in [2.05, 4.69) is 15.4 Å². The number of carbonyl (C=O) groups is 1. The number of amides is 1. The SMILES string of the molecule is CCn1nc(C)cc1-c1cnc(Cl)c(NC(=O)OC(C)(C)C)c1. The van der Waals surface area contributed by atoms with Crippen LogP contribution in [0.1, 0.15) is 33.4 Å². The van der Waals surface area contributed by atoms with Crippen LogP contribution < -0.4 is 5.32 Å². The van der Waals surface area contributed by atoms with Crippen LogP contribution in [0.25, 0.3) is 11.3 Å². The maximum atomic E-state index is 11.9. The van der Waals surface area contributed by atoms with E-state index in [-0.39, 0.29) is 5.15 Å². The number of anilines is 1. The Hall–Kier alpha value is -2.08. The van der Waals surface area contributed by atoms with Gasteiger partial charge in [0.2, 0.25) is 0 Å². The smallest absolute Gasteiger partial charge is 0.412 e. The molecule has 2 aromatic heterocycles. The van der Waals surface area contributed by atoms with Gasteiger partial charge < -0.3 is 4.74 Å². The van der Waals surface area contributed by atoms with Crippen molar-refractivity contribution in [2.75, 3.05) is 5.32 Å². The van der Waals surface area contributed by atoms with Crippen molar-refractivity contribution in [2.24, 2.45) is 0 Å². The molecule has 0 fully saturated rings. The number of rotatable bonds is 3. The first-order valence-corrected chi connectivity index (χ1v) is 7.78. The van der Waals surface area contributed by atoms with Crippen LogP contribution in [0, 0.1) is 6.92 Å². The van der Waals surface area contributed by atoms with Crippen LogP contribution in [-0.2, 0) is 11.3 Å². The van der Waals surface area contributed by atoms with Gasteiger partial charge in [-0.25, -0.2) is 9.78 Å². The maximum Gasteiger partial charge on any atom is 0.412 e. The number of aromatic nitrogens is 3. The van der Waals surface area contributed by atoms with Crippen LogP contribution >= 0.6 is 11.6 Å². The van der Waals surface area contributed by atoms with E-state index in [1.54, 1.807) is 33.0 Å². The summed E-state index contributed by atoms with van der Waals surface area (Å²) in [5, 5.41) is 7.25. The molecule has 2 aromatic rings. The molecule has 0 aliphatic carbocycles. The molecule has 0 aromatic carbocycles. The first kappa shape index (κ1) is 17.3. The number of pyridine rings is 1. The van der Waals surface area contributed by atoms with Gasteiger partial charge >= 0.3 is 6.09 Å². The standard InChI is InChI=1S/C16H21ClN4O2/c1-6-21-13(7-10(2)20-21)11-8-12(14(17)18-9-11)19-15(22)23-16(3,4)5/h7-9H,6H2,1-5H3,(H,19,22). The van der Waals surface area contributed by atoms with Crippen molar-refractivity contribution in [3.8, 4) is 11.3 Å². The molecular weight excluding hydrogens is 316 g/mol. The van der Waals surface area contributed by atoms with Gasteiger partial charge in [-0.1, -0.05) is 11.6 Å². The average Bonchev–Trinajstić information content (AvgIpc) is 2.80. The van der Waals surface area contributed by atoms with E-state index in [0.717, 1.165) is 23.5 Å². The predicted octanol–water partition coefficient (Wildman–Crippen LogP) is 4.27. The number of carbonyl (C=O) groups excluding carboxylic acids is 1. The molecule has 2 rings (SSSR count). The third-order valence-corrected chi connectivity index (χ3v) is 3.27. The van der Waals surface area contributed by atoms with Gasteiger partial charge in [-0.05, 0) is 46.8 Å². The Labute approximate surface area is 140 Å². The number of hydrogen-bond acceptors (Lipinski definition) is 4. The summed E-state index contributed by atoms with van der Waals surface area (Å²) < 4.78 is 7.11. The van der Waals surface area contributed by atoms with E-state index in [1.165, 1.54) is 0 Å². The minimum Gasteiger partial charge on any atom is -0.444 e. The zero-order valence-corrected chi connectivity index (χ0v) is 14.7. The highest BCUT2D eigenvalue weighted by molar-refractivity contribution is 6.32. The topological polar surface area (TPSA) is 69.0 Å². The second kappa shape index (κ2) is 6.58. The Bertz CT molecular complexity index is 719. The van der Waals surface area contributed by atoms with Crippen LogP contribution in [0.2, 0.25) is 5.15 Å². The molecule has 0 spiro atoms. The molecule has 23 heavy (non-hydrogen) atoms. The summed E-state index contributed by atoms with van der Waals surface area (Å²) >= 11 is 6.07. The van der Waals surface area contributed by atoms with Crippen LogP contribution in [0.5, 0.6) is 0 Å². The zero-order valence-electron chi connectivity index (χ0n) is 14.0. The van der Waals surface area contributed by atoms with Crippen LogP contribution in [0.4, 0.5) is 10.5 Å². The zero-order chi connectivity index (χ0) is 17.2. The molecule has 6 nitrogen and oxygen atoms in total. The molecule has 0 unspecified atom stereocenters. The lowest BCUT2D eigenvalue weighted by Crippen LogP contribution is -2.27. The quantitative estimate of drug-likeness (QED) is 0.849. The molecule has 0 atom stereocenters. The van der Waals surface area contributed by atoms with Gasteiger partial charge in [-0.15, -0.1) is 0 Å². The Morgan fingerprint density at radius 1 is 1.39 bits per heavy atom.